The zero-order chi connectivity index (χ0) is 22.7. The molecule has 0 spiro atoms. The van der Waals surface area contributed by atoms with Crippen LogP contribution in [0.25, 0.3) is 5.57 Å². The minimum absolute atomic E-state index is 0. The first-order valence-electron chi connectivity index (χ1n) is 11.9. The van der Waals surface area contributed by atoms with Crippen LogP contribution in [0.15, 0.2) is 47.5 Å². The highest BCUT2D eigenvalue weighted by Gasteiger charge is 2.38. The largest absolute Gasteiger partial charge is 0.412 e. The molecule has 1 aromatic heterocycles. The van der Waals surface area contributed by atoms with E-state index in [9.17, 15) is 0 Å². The van der Waals surface area contributed by atoms with Gasteiger partial charge in [-0.1, -0.05) is 59.4 Å². The number of nitrogens with one attached hydrogen (secondary N) is 2. The molecule has 3 aliphatic rings. The van der Waals surface area contributed by atoms with Crippen LogP contribution in [0.2, 0.25) is 0 Å². The summed E-state index contributed by atoms with van der Waals surface area (Å²) in [5, 5.41) is 10.3. The number of aromatic nitrogens is 1. The van der Waals surface area contributed by atoms with E-state index in [-0.39, 0.29) is 29.2 Å². The number of dihydropyridines is 1. The summed E-state index contributed by atoms with van der Waals surface area (Å²) in [4.78, 5) is 7.52. The lowest BCUT2D eigenvalue weighted by molar-refractivity contribution is 0.0688. The zero-order valence-electron chi connectivity index (χ0n) is 20.8. The van der Waals surface area contributed by atoms with Crippen molar-refractivity contribution in [3.63, 3.8) is 0 Å². The van der Waals surface area contributed by atoms with Crippen LogP contribution >= 0.6 is 22.9 Å². The van der Waals surface area contributed by atoms with Gasteiger partial charge >= 0.3 is 0 Å². The molecule has 6 N–H and O–H groups in total. The predicted molar refractivity (Wildman–Crippen MR) is 153 cm³/mol. The summed E-state index contributed by atoms with van der Waals surface area (Å²) < 4.78 is 0. The van der Waals surface area contributed by atoms with Gasteiger partial charge in [0.2, 0.25) is 0 Å². The van der Waals surface area contributed by atoms with Crippen molar-refractivity contribution in [3.05, 3.63) is 53.2 Å². The van der Waals surface area contributed by atoms with Crippen LogP contribution in [0.5, 0.6) is 0 Å². The molecule has 1 aliphatic carbocycles. The molecule has 35 heavy (non-hydrogen) atoms. The van der Waals surface area contributed by atoms with Crippen molar-refractivity contribution in [2.24, 2.45) is 17.3 Å². The summed E-state index contributed by atoms with van der Waals surface area (Å²) in [6.07, 6.45) is 15.3. The van der Waals surface area contributed by atoms with Crippen LogP contribution in [-0.2, 0) is 0 Å². The maximum atomic E-state index is 6.25. The van der Waals surface area contributed by atoms with E-state index in [0.717, 1.165) is 43.4 Å². The second kappa shape index (κ2) is 13.6. The maximum Gasteiger partial charge on any atom is 0.183 e. The average Bonchev–Trinajstić information content (AvgIpc) is 3.23. The van der Waals surface area contributed by atoms with Crippen molar-refractivity contribution >= 4 is 33.6 Å². The Morgan fingerprint density at radius 1 is 1.26 bits per heavy atom. The van der Waals surface area contributed by atoms with E-state index in [2.05, 4.69) is 79.0 Å². The number of thiazole rings is 1. The maximum absolute atomic E-state index is 6.25. The summed E-state index contributed by atoms with van der Waals surface area (Å²) in [7, 11) is 0. The third-order valence-corrected chi connectivity index (χ3v) is 8.07. The molecule has 1 saturated heterocycles. The molecule has 3 atom stereocenters. The first kappa shape index (κ1) is 31.4. The van der Waals surface area contributed by atoms with E-state index in [1.54, 1.807) is 11.3 Å². The Labute approximate surface area is 220 Å². The summed E-state index contributed by atoms with van der Waals surface area (Å²) in [6, 6.07) is 0.379. The molecular formula is C27H45ClN4O2S. The minimum Gasteiger partial charge on any atom is -0.412 e. The molecule has 0 saturated carbocycles. The second-order valence-electron chi connectivity index (χ2n) is 10.3. The number of hydrogen-bond donors (Lipinski definition) is 2. The van der Waals surface area contributed by atoms with Gasteiger partial charge in [0.05, 0.1) is 11.1 Å². The Balaban J connectivity index is 0.00000204. The highest BCUT2D eigenvalue weighted by molar-refractivity contribution is 7.13. The third kappa shape index (κ3) is 7.92. The second-order valence-corrected chi connectivity index (χ2v) is 11.7. The van der Waals surface area contributed by atoms with Crippen molar-refractivity contribution in [3.8, 4) is 0 Å². The van der Waals surface area contributed by atoms with Gasteiger partial charge < -0.3 is 26.5 Å². The summed E-state index contributed by atoms with van der Waals surface area (Å²) in [5.41, 5.74) is 4.00. The average molecular weight is 525 g/mol. The highest BCUT2D eigenvalue weighted by atomic mass is 35.5. The number of halogens is 1. The predicted octanol–water partition coefficient (Wildman–Crippen LogP) is 4.91. The fourth-order valence-corrected chi connectivity index (χ4v) is 6.03. The number of likely N-dealkylation sites (tertiary alicyclic amines) is 1. The lowest BCUT2D eigenvalue weighted by Gasteiger charge is -2.46. The number of rotatable bonds is 7. The molecule has 0 amide bonds. The third-order valence-electron chi connectivity index (χ3n) is 6.98. The van der Waals surface area contributed by atoms with Crippen molar-refractivity contribution < 1.29 is 11.0 Å². The van der Waals surface area contributed by atoms with Gasteiger partial charge in [-0.3, -0.25) is 0 Å². The molecule has 4 rings (SSSR count). The van der Waals surface area contributed by atoms with Gasteiger partial charge in [0.1, 0.15) is 0 Å². The Morgan fingerprint density at radius 3 is 2.63 bits per heavy atom. The molecule has 1 aromatic rings. The SMILES string of the molecule is C.CC(C)[C@H](CN1CC[C@H](C2=CCC(Cl)C=C2)C(C)(C)C1)Nc1nc(C2=CCNC=C2)cs1.O.O. The van der Waals surface area contributed by atoms with E-state index < -0.39 is 0 Å². The lowest BCUT2D eigenvalue weighted by atomic mass is 9.69. The van der Waals surface area contributed by atoms with Gasteiger partial charge in [-0.05, 0) is 54.5 Å². The Bertz CT molecular complexity index is 922. The monoisotopic (exact) mass is 524 g/mol. The molecule has 0 aromatic carbocycles. The van der Waals surface area contributed by atoms with Crippen LogP contribution in [-0.4, -0.2) is 58.4 Å². The first-order chi connectivity index (χ1) is 15.3. The molecule has 0 bridgehead atoms. The normalized spacial score (nSPS) is 24.2. The van der Waals surface area contributed by atoms with Crippen molar-refractivity contribution in [1.29, 1.82) is 0 Å². The number of alkyl halides is 1. The zero-order valence-corrected chi connectivity index (χ0v) is 22.3. The van der Waals surface area contributed by atoms with E-state index in [4.69, 9.17) is 16.6 Å². The van der Waals surface area contributed by atoms with Crippen LogP contribution in [0.4, 0.5) is 5.13 Å². The van der Waals surface area contributed by atoms with Crippen molar-refractivity contribution in [2.45, 2.75) is 59.4 Å². The van der Waals surface area contributed by atoms with Gasteiger partial charge in [0.25, 0.3) is 0 Å². The number of hydrogen-bond acceptors (Lipinski definition) is 5. The molecule has 198 valence electrons. The van der Waals surface area contributed by atoms with Crippen molar-refractivity contribution in [1.82, 2.24) is 15.2 Å². The quantitative estimate of drug-likeness (QED) is 0.494. The number of piperidine rings is 1. The summed E-state index contributed by atoms with van der Waals surface area (Å²) in [6.45, 7) is 13.6. The molecule has 1 unspecified atom stereocenters. The molecule has 8 heteroatoms. The molecular weight excluding hydrogens is 480 g/mol. The van der Waals surface area contributed by atoms with Crippen LogP contribution in [0.1, 0.15) is 53.7 Å². The fraction of sp³-hybridized carbons (Fsp3) is 0.593. The van der Waals surface area contributed by atoms with Gasteiger partial charge in [-0.25, -0.2) is 4.98 Å². The van der Waals surface area contributed by atoms with Crippen LogP contribution in [0, 0.1) is 17.3 Å². The van der Waals surface area contributed by atoms with E-state index in [1.165, 1.54) is 17.6 Å². The Kier molecular flexibility index (Phi) is 12.2. The highest BCUT2D eigenvalue weighted by Crippen LogP contribution is 2.41. The minimum atomic E-state index is 0. The number of anilines is 1. The smallest absolute Gasteiger partial charge is 0.183 e. The molecule has 1 fully saturated rings. The molecule has 2 aliphatic heterocycles. The molecule has 3 heterocycles. The van der Waals surface area contributed by atoms with E-state index in [0.29, 0.717) is 17.9 Å². The molecule has 0 radical (unpaired) electrons. The summed E-state index contributed by atoms with van der Waals surface area (Å²) in [5.74, 6) is 1.14. The Hall–Kier alpha value is -1.64. The standard InChI is InChI=1S/C26H37ClN4S.CH4.2H2O/c1-18(2)23(29-25-30-24(16-32-25)20-9-12-28-13-10-20)15-31-14-11-22(26(3,4)17-31)19-5-7-21(27)8-6-19;;;/h5-7,9-10,12,16,18,21-23,28H,8,11,13-15,17H2,1-4H3,(H,29,30);1H4;2*1H2/t21?,22-,23+;;;/m1.../s1. The van der Waals surface area contributed by atoms with Gasteiger partial charge in [0.15, 0.2) is 5.13 Å². The van der Waals surface area contributed by atoms with Crippen LogP contribution in [0.3, 0.4) is 0 Å². The Morgan fingerprint density at radius 2 is 2.03 bits per heavy atom. The van der Waals surface area contributed by atoms with E-state index >= 15 is 0 Å². The van der Waals surface area contributed by atoms with Gasteiger partial charge in [-0.15, -0.1) is 22.9 Å². The van der Waals surface area contributed by atoms with E-state index in [1.807, 2.05) is 6.20 Å². The van der Waals surface area contributed by atoms with Crippen LogP contribution < -0.4 is 10.6 Å². The topological polar surface area (TPSA) is 103 Å². The summed E-state index contributed by atoms with van der Waals surface area (Å²) >= 11 is 7.96. The molecule has 6 nitrogen and oxygen atoms in total. The fourth-order valence-electron chi connectivity index (χ4n) is 5.09. The van der Waals surface area contributed by atoms with Gasteiger partial charge in [0, 0.05) is 36.6 Å². The lowest BCUT2D eigenvalue weighted by Crippen LogP contribution is -2.50. The van der Waals surface area contributed by atoms with Crippen molar-refractivity contribution in [2.75, 3.05) is 31.5 Å². The number of allylic oxidation sites excluding steroid dienone is 6. The number of nitrogens with zero attached hydrogens (tertiary/aromatic N) is 2. The van der Waals surface area contributed by atoms with Gasteiger partial charge in [-0.2, -0.15) is 0 Å². The first-order valence-corrected chi connectivity index (χ1v) is 13.2.